The molecule has 0 aromatic carbocycles. The van der Waals surface area contributed by atoms with Crippen LogP contribution >= 0.6 is 15.6 Å². The van der Waals surface area contributed by atoms with Crippen molar-refractivity contribution in [3.05, 3.63) is 0 Å². The Kier molecular flexibility index (Phi) is 66.8. The van der Waals surface area contributed by atoms with E-state index >= 15 is 0 Å². The SMILES string of the molecule is CCC(C)CCCCCCCCCCCCCCCCC(=O)O[C@H](COC(=O)CCCCCCCCCC(C)C)COP(=O)(O)OCC(O)COP(=O)(O)OC[C@@H](COC(=O)CCCCCCCCCCCCCCCC(C)C)OC(=O)CCCCCCCCCCCCC(C)CC. The molecule has 0 aliphatic heterocycles. The highest BCUT2D eigenvalue weighted by Crippen LogP contribution is 2.45. The molecule has 0 bridgehead atoms. The number of unbranched alkanes of at least 4 members (excludes halogenated alkanes) is 40. The van der Waals surface area contributed by atoms with E-state index in [-0.39, 0.29) is 25.7 Å². The molecule has 582 valence electrons. The molecule has 0 radical (unpaired) electrons. The summed E-state index contributed by atoms with van der Waals surface area (Å²) in [6.07, 6.45) is 54.0. The van der Waals surface area contributed by atoms with Gasteiger partial charge in [-0.2, -0.15) is 0 Å². The van der Waals surface area contributed by atoms with E-state index < -0.39 is 97.5 Å². The lowest BCUT2D eigenvalue weighted by atomic mass is 9.99. The summed E-state index contributed by atoms with van der Waals surface area (Å²) in [5.41, 5.74) is 0. The first-order valence-electron chi connectivity index (χ1n) is 40.8. The van der Waals surface area contributed by atoms with Crippen molar-refractivity contribution in [2.45, 2.75) is 420 Å². The lowest BCUT2D eigenvalue weighted by Crippen LogP contribution is -2.30. The Balaban J connectivity index is 5.24. The highest BCUT2D eigenvalue weighted by molar-refractivity contribution is 7.47. The number of phosphoric acid groups is 2. The first-order valence-corrected chi connectivity index (χ1v) is 43.8. The fourth-order valence-electron chi connectivity index (χ4n) is 12.0. The van der Waals surface area contributed by atoms with E-state index in [9.17, 15) is 43.2 Å². The minimum absolute atomic E-state index is 0.106. The fraction of sp³-hybridized carbons (Fsp3) is 0.949. The maximum absolute atomic E-state index is 13.1. The zero-order valence-corrected chi connectivity index (χ0v) is 66.2. The summed E-state index contributed by atoms with van der Waals surface area (Å²) in [6.45, 7) is 14.3. The van der Waals surface area contributed by atoms with Crippen LogP contribution in [0.3, 0.4) is 0 Å². The Bertz CT molecular complexity index is 1920. The van der Waals surface area contributed by atoms with Crippen molar-refractivity contribution in [1.82, 2.24) is 0 Å². The molecule has 0 aromatic heterocycles. The molecule has 7 atom stereocenters. The van der Waals surface area contributed by atoms with E-state index in [2.05, 4.69) is 55.4 Å². The third-order valence-corrected chi connectivity index (χ3v) is 20.9. The van der Waals surface area contributed by atoms with Crippen LogP contribution in [-0.4, -0.2) is 96.7 Å². The van der Waals surface area contributed by atoms with Crippen LogP contribution in [0.2, 0.25) is 0 Å². The second-order valence-electron chi connectivity index (χ2n) is 29.9. The molecule has 0 spiro atoms. The number of hydrogen-bond donors (Lipinski definition) is 3. The number of rotatable bonds is 76. The largest absolute Gasteiger partial charge is 0.472 e. The summed E-state index contributed by atoms with van der Waals surface area (Å²) in [5.74, 6) is 1.03. The number of hydrogen-bond acceptors (Lipinski definition) is 15. The van der Waals surface area contributed by atoms with Gasteiger partial charge < -0.3 is 33.8 Å². The van der Waals surface area contributed by atoms with Gasteiger partial charge in [-0.25, -0.2) is 9.13 Å². The van der Waals surface area contributed by atoms with E-state index in [4.69, 9.17) is 37.0 Å². The van der Waals surface area contributed by atoms with Gasteiger partial charge in [0.2, 0.25) is 0 Å². The first kappa shape index (κ1) is 96.1. The van der Waals surface area contributed by atoms with Crippen molar-refractivity contribution in [3.63, 3.8) is 0 Å². The molecular weight excluding hydrogens is 1280 g/mol. The molecule has 0 aromatic rings. The van der Waals surface area contributed by atoms with Crippen molar-refractivity contribution in [2.75, 3.05) is 39.6 Å². The number of carbonyl (C=O) groups excluding carboxylic acids is 4. The summed E-state index contributed by atoms with van der Waals surface area (Å²) < 4.78 is 68.6. The van der Waals surface area contributed by atoms with E-state index in [1.54, 1.807) is 0 Å². The van der Waals surface area contributed by atoms with Crippen LogP contribution in [0.15, 0.2) is 0 Å². The van der Waals surface area contributed by atoms with Crippen LogP contribution in [0.4, 0.5) is 0 Å². The van der Waals surface area contributed by atoms with Crippen LogP contribution in [0.25, 0.3) is 0 Å². The molecule has 3 N–H and O–H groups in total. The fourth-order valence-corrected chi connectivity index (χ4v) is 13.6. The first-order chi connectivity index (χ1) is 47.2. The second kappa shape index (κ2) is 68.2. The van der Waals surface area contributed by atoms with Gasteiger partial charge in [-0.1, -0.05) is 351 Å². The normalized spacial score (nSPS) is 14.6. The monoisotopic (exact) mass is 1440 g/mol. The molecule has 5 unspecified atom stereocenters. The van der Waals surface area contributed by atoms with Crippen LogP contribution in [0.5, 0.6) is 0 Å². The number of phosphoric ester groups is 2. The van der Waals surface area contributed by atoms with E-state index in [1.807, 2.05) is 0 Å². The smallest absolute Gasteiger partial charge is 0.462 e. The third-order valence-electron chi connectivity index (χ3n) is 19.0. The van der Waals surface area contributed by atoms with Crippen molar-refractivity contribution in [3.8, 4) is 0 Å². The number of carbonyl (C=O) groups is 4. The predicted octanol–water partition coefficient (Wildman–Crippen LogP) is 23.2. The van der Waals surface area contributed by atoms with Crippen molar-refractivity contribution < 1.29 is 80.2 Å². The van der Waals surface area contributed by atoms with Gasteiger partial charge in [0.15, 0.2) is 12.2 Å². The van der Waals surface area contributed by atoms with Gasteiger partial charge in [0.1, 0.15) is 19.3 Å². The summed E-state index contributed by atoms with van der Waals surface area (Å²) in [4.78, 5) is 72.9. The molecule has 0 aliphatic carbocycles. The molecule has 0 saturated carbocycles. The highest BCUT2D eigenvalue weighted by atomic mass is 31.2. The number of esters is 4. The van der Waals surface area contributed by atoms with Crippen LogP contribution < -0.4 is 0 Å². The molecule has 0 rings (SSSR count). The number of aliphatic hydroxyl groups excluding tert-OH is 1. The minimum atomic E-state index is -4.96. The van der Waals surface area contributed by atoms with Crippen molar-refractivity contribution in [2.24, 2.45) is 23.7 Å². The Morgan fingerprint density at radius 3 is 0.724 bits per heavy atom. The van der Waals surface area contributed by atoms with Gasteiger partial charge in [-0.3, -0.25) is 37.3 Å². The summed E-state index contributed by atoms with van der Waals surface area (Å²) in [6, 6.07) is 0. The third kappa shape index (κ3) is 69.8. The minimum Gasteiger partial charge on any atom is -0.462 e. The lowest BCUT2D eigenvalue weighted by Gasteiger charge is -2.21. The van der Waals surface area contributed by atoms with Gasteiger partial charge in [0.25, 0.3) is 0 Å². The molecule has 0 heterocycles. The topological polar surface area (TPSA) is 237 Å². The average Bonchev–Trinajstić information content (AvgIpc) is 1.07. The standard InChI is InChI=1S/C79H154O17P2/c1-9-71(7)57-49-41-33-25-19-15-11-12-16-21-28-36-45-53-61-78(83)96-75(66-90-77(82)60-52-44-38-30-32-40-48-56-70(5)6)68-94-98(87,88)92-64-73(80)63-91-97(85,86)93-67-74(95-79(84)62-54-46-37-29-23-22-26-34-42-50-58-72(8)10-2)65-89-76(81)59-51-43-35-27-20-17-13-14-18-24-31-39-47-55-69(3)4/h69-75,80H,9-68H2,1-8H3,(H,85,86)(H,87,88)/t71?,72?,73?,74-,75-/m1/s1. The molecule has 19 heteroatoms. The molecule has 98 heavy (non-hydrogen) atoms. The molecule has 0 amide bonds. The number of ether oxygens (including phenoxy) is 4. The Hall–Kier alpha value is -1.94. The zero-order chi connectivity index (χ0) is 72.4. The Morgan fingerprint density at radius 2 is 0.490 bits per heavy atom. The van der Waals surface area contributed by atoms with Crippen molar-refractivity contribution >= 4 is 39.5 Å². The average molecular weight is 1440 g/mol. The van der Waals surface area contributed by atoms with E-state index in [0.29, 0.717) is 31.6 Å². The molecule has 0 aliphatic rings. The van der Waals surface area contributed by atoms with Gasteiger partial charge >= 0.3 is 39.5 Å². The van der Waals surface area contributed by atoms with E-state index in [1.165, 1.54) is 199 Å². The maximum Gasteiger partial charge on any atom is 0.472 e. The van der Waals surface area contributed by atoms with Gasteiger partial charge in [0, 0.05) is 25.7 Å². The Morgan fingerprint density at radius 1 is 0.286 bits per heavy atom. The maximum atomic E-state index is 13.1. The van der Waals surface area contributed by atoms with E-state index in [0.717, 1.165) is 114 Å². The van der Waals surface area contributed by atoms with Gasteiger partial charge in [0.05, 0.1) is 26.4 Å². The summed E-state index contributed by atoms with van der Waals surface area (Å²) in [7, 11) is -9.92. The highest BCUT2D eigenvalue weighted by Gasteiger charge is 2.30. The quantitative estimate of drug-likeness (QED) is 0.0222. The Labute approximate surface area is 600 Å². The predicted molar refractivity (Wildman–Crippen MR) is 400 cm³/mol. The van der Waals surface area contributed by atoms with Crippen molar-refractivity contribution in [1.29, 1.82) is 0 Å². The van der Waals surface area contributed by atoms with Gasteiger partial charge in [-0.15, -0.1) is 0 Å². The molecule has 0 saturated heterocycles. The molecule has 0 fully saturated rings. The van der Waals surface area contributed by atoms with Crippen LogP contribution in [0, 0.1) is 23.7 Å². The van der Waals surface area contributed by atoms with Crippen LogP contribution in [-0.2, 0) is 65.4 Å². The lowest BCUT2D eigenvalue weighted by molar-refractivity contribution is -0.161. The van der Waals surface area contributed by atoms with Crippen LogP contribution in [0.1, 0.15) is 402 Å². The number of aliphatic hydroxyl groups is 1. The molecular formula is C79H154O17P2. The summed E-state index contributed by atoms with van der Waals surface area (Å²) >= 11 is 0. The zero-order valence-electron chi connectivity index (χ0n) is 64.4. The second-order valence-corrected chi connectivity index (χ2v) is 32.8. The van der Waals surface area contributed by atoms with Gasteiger partial charge in [-0.05, 0) is 49.4 Å². The summed E-state index contributed by atoms with van der Waals surface area (Å²) in [5, 5.41) is 10.6. The molecule has 17 nitrogen and oxygen atoms in total.